The molecule has 0 spiro atoms. The van der Waals surface area contributed by atoms with Gasteiger partial charge in [0.2, 0.25) is 0 Å². The molecule has 84 valence electrons. The molecule has 0 atom stereocenters. The number of hydrogen-bond acceptors (Lipinski definition) is 3. The lowest BCUT2D eigenvalue weighted by molar-refractivity contribution is 0.433. The molecule has 0 aliphatic rings. The van der Waals surface area contributed by atoms with Crippen LogP contribution in [0.4, 0.5) is 5.69 Å². The number of hydrogen-bond donors (Lipinski definition) is 2. The minimum atomic E-state index is 0.164. The van der Waals surface area contributed by atoms with Gasteiger partial charge in [0.05, 0.1) is 0 Å². The van der Waals surface area contributed by atoms with Crippen molar-refractivity contribution in [1.29, 1.82) is 0 Å². The van der Waals surface area contributed by atoms with Gasteiger partial charge in [-0.05, 0) is 54.3 Å². The lowest BCUT2D eigenvalue weighted by atomic mass is 10.3. The lowest BCUT2D eigenvalue weighted by Gasteiger charge is -2.01. The number of nitrogens with two attached hydrogens (primary N) is 1. The summed E-state index contributed by atoms with van der Waals surface area (Å²) in [6.07, 6.45) is 4.86. The molecule has 0 amide bonds. The van der Waals surface area contributed by atoms with E-state index in [0.717, 1.165) is 15.5 Å². The maximum atomic E-state index is 9.18. The van der Waals surface area contributed by atoms with Crippen LogP contribution >= 0.6 is 11.8 Å². The maximum Gasteiger partial charge on any atom is 0.115 e. The molecule has 0 radical (unpaired) electrons. The molecule has 0 fully saturated rings. The second-order valence-electron chi connectivity index (χ2n) is 3.24. The van der Waals surface area contributed by atoms with Crippen LogP contribution in [-0.4, -0.2) is 5.11 Å². The number of anilines is 1. The number of aliphatic hydroxyl groups excluding tert-OH is 1. The minimum absolute atomic E-state index is 0.164. The van der Waals surface area contributed by atoms with Gasteiger partial charge in [0.1, 0.15) is 5.76 Å². The first-order chi connectivity index (χ1) is 7.61. The summed E-state index contributed by atoms with van der Waals surface area (Å²) in [7, 11) is 0. The third-order valence-electron chi connectivity index (χ3n) is 1.86. The lowest BCUT2D eigenvalue weighted by Crippen LogP contribution is -1.82. The van der Waals surface area contributed by atoms with Gasteiger partial charge >= 0.3 is 0 Å². The molecule has 3 heteroatoms. The van der Waals surface area contributed by atoms with Gasteiger partial charge in [0.25, 0.3) is 0 Å². The average molecular weight is 233 g/mol. The first-order valence-electron chi connectivity index (χ1n) is 4.85. The average Bonchev–Trinajstić information content (AvgIpc) is 2.29. The Morgan fingerprint density at radius 3 is 2.50 bits per heavy atom. The summed E-state index contributed by atoms with van der Waals surface area (Å²) in [5.41, 5.74) is 6.36. The molecule has 3 N–H and O–H groups in total. The highest BCUT2D eigenvalue weighted by atomic mass is 32.2. The van der Waals surface area contributed by atoms with Crippen LogP contribution in [0.15, 0.2) is 64.6 Å². The van der Waals surface area contributed by atoms with E-state index in [-0.39, 0.29) is 5.76 Å². The molecule has 0 saturated heterocycles. The Labute approximate surface area is 100 Å². The third kappa shape index (κ3) is 4.28. The molecule has 0 bridgehead atoms. The Morgan fingerprint density at radius 1 is 1.31 bits per heavy atom. The Balaban J connectivity index is 2.67. The highest BCUT2D eigenvalue weighted by molar-refractivity contribution is 8.03. The van der Waals surface area contributed by atoms with Crippen LogP contribution in [0.3, 0.4) is 0 Å². The Hall–Kier alpha value is -1.61. The van der Waals surface area contributed by atoms with Gasteiger partial charge in [-0.25, -0.2) is 0 Å². The fraction of sp³-hybridized carbons (Fsp3) is 0.0769. The highest BCUT2D eigenvalue weighted by Crippen LogP contribution is 2.26. The first-order valence-corrected chi connectivity index (χ1v) is 5.67. The SMILES string of the molecule is C=C/C(O)=C\C=C(/C)Sc1ccc(N)cc1. The van der Waals surface area contributed by atoms with Crippen LogP contribution < -0.4 is 5.73 Å². The monoisotopic (exact) mass is 233 g/mol. The summed E-state index contributed by atoms with van der Waals surface area (Å²) in [6.45, 7) is 5.44. The van der Waals surface area contributed by atoms with Crippen LogP contribution in [0.1, 0.15) is 6.92 Å². The van der Waals surface area contributed by atoms with Crippen molar-refractivity contribution >= 4 is 17.4 Å². The predicted molar refractivity (Wildman–Crippen MR) is 71.4 cm³/mol. The number of rotatable bonds is 4. The molecule has 1 aromatic carbocycles. The molecule has 0 aliphatic heterocycles. The van der Waals surface area contributed by atoms with Crippen molar-refractivity contribution in [2.24, 2.45) is 0 Å². The van der Waals surface area contributed by atoms with Crippen LogP contribution in [0.5, 0.6) is 0 Å². The molecule has 0 saturated carbocycles. The highest BCUT2D eigenvalue weighted by Gasteiger charge is 1.94. The molecular formula is C13H15NOS. The van der Waals surface area contributed by atoms with E-state index in [2.05, 4.69) is 6.58 Å². The van der Waals surface area contributed by atoms with E-state index in [4.69, 9.17) is 5.73 Å². The van der Waals surface area contributed by atoms with Crippen molar-refractivity contribution in [1.82, 2.24) is 0 Å². The summed E-state index contributed by atoms with van der Waals surface area (Å²) in [4.78, 5) is 2.20. The van der Waals surface area contributed by atoms with E-state index in [1.54, 1.807) is 17.8 Å². The van der Waals surface area contributed by atoms with E-state index in [0.29, 0.717) is 0 Å². The minimum Gasteiger partial charge on any atom is -0.508 e. The van der Waals surface area contributed by atoms with Crippen molar-refractivity contribution in [3.63, 3.8) is 0 Å². The second kappa shape index (κ2) is 6.08. The van der Waals surface area contributed by atoms with E-state index < -0.39 is 0 Å². The van der Waals surface area contributed by atoms with Gasteiger partial charge in [-0.1, -0.05) is 18.3 Å². The molecule has 1 aromatic rings. The summed E-state index contributed by atoms with van der Waals surface area (Å²) in [5.74, 6) is 0.164. The van der Waals surface area contributed by atoms with Crippen LogP contribution in [-0.2, 0) is 0 Å². The standard InChI is InChI=1S/C13H15NOS/c1-3-12(15)7-4-10(2)16-13-8-5-11(14)6-9-13/h3-9,15H,1,14H2,2H3/b10-4+,12-7+. The molecular weight excluding hydrogens is 218 g/mol. The number of allylic oxidation sites excluding steroid dienone is 4. The van der Waals surface area contributed by atoms with Crippen molar-refractivity contribution in [2.45, 2.75) is 11.8 Å². The van der Waals surface area contributed by atoms with Gasteiger partial charge in [0, 0.05) is 10.6 Å². The van der Waals surface area contributed by atoms with Gasteiger partial charge in [0.15, 0.2) is 0 Å². The van der Waals surface area contributed by atoms with E-state index >= 15 is 0 Å². The molecule has 1 rings (SSSR count). The molecule has 0 aliphatic carbocycles. The Morgan fingerprint density at radius 2 is 1.94 bits per heavy atom. The number of thioether (sulfide) groups is 1. The van der Waals surface area contributed by atoms with Crippen LogP contribution in [0.25, 0.3) is 0 Å². The number of aliphatic hydroxyl groups is 1. The zero-order valence-electron chi connectivity index (χ0n) is 9.18. The number of benzene rings is 1. The summed E-state index contributed by atoms with van der Waals surface area (Å²) >= 11 is 1.62. The van der Waals surface area contributed by atoms with Crippen LogP contribution in [0.2, 0.25) is 0 Å². The van der Waals surface area contributed by atoms with Gasteiger partial charge < -0.3 is 10.8 Å². The largest absolute Gasteiger partial charge is 0.508 e. The van der Waals surface area contributed by atoms with Gasteiger partial charge in [-0.2, -0.15) is 0 Å². The first kappa shape index (κ1) is 12.5. The fourth-order valence-corrected chi connectivity index (χ4v) is 1.81. The molecule has 0 aromatic heterocycles. The van der Waals surface area contributed by atoms with E-state index in [1.165, 1.54) is 6.08 Å². The summed E-state index contributed by atoms with van der Waals surface area (Å²) < 4.78 is 0. The van der Waals surface area contributed by atoms with Crippen LogP contribution in [0, 0.1) is 0 Å². The quantitative estimate of drug-likeness (QED) is 0.359. The molecule has 0 heterocycles. The fourth-order valence-electron chi connectivity index (χ4n) is 1.03. The zero-order chi connectivity index (χ0) is 12.0. The van der Waals surface area contributed by atoms with Gasteiger partial charge in [-0.15, -0.1) is 0 Å². The van der Waals surface area contributed by atoms with E-state index in [1.807, 2.05) is 37.3 Å². The predicted octanol–water partition coefficient (Wildman–Crippen LogP) is 3.89. The summed E-state index contributed by atoms with van der Waals surface area (Å²) in [5, 5.41) is 9.18. The maximum absolute atomic E-state index is 9.18. The van der Waals surface area contributed by atoms with Crippen molar-refractivity contribution in [3.05, 3.63) is 59.7 Å². The van der Waals surface area contributed by atoms with Crippen molar-refractivity contribution in [2.75, 3.05) is 5.73 Å². The Bertz CT molecular complexity index is 418. The van der Waals surface area contributed by atoms with Crippen molar-refractivity contribution in [3.8, 4) is 0 Å². The number of nitrogen functional groups attached to an aromatic ring is 1. The smallest absolute Gasteiger partial charge is 0.115 e. The van der Waals surface area contributed by atoms with E-state index in [9.17, 15) is 5.11 Å². The van der Waals surface area contributed by atoms with Crippen molar-refractivity contribution < 1.29 is 5.11 Å². The molecule has 0 unspecified atom stereocenters. The molecule has 2 nitrogen and oxygen atoms in total. The normalized spacial score (nSPS) is 12.6. The van der Waals surface area contributed by atoms with Gasteiger partial charge in [-0.3, -0.25) is 0 Å². The Kier molecular flexibility index (Phi) is 4.73. The zero-order valence-corrected chi connectivity index (χ0v) is 10.00. The third-order valence-corrected chi connectivity index (χ3v) is 2.82. The molecule has 16 heavy (non-hydrogen) atoms. The second-order valence-corrected chi connectivity index (χ2v) is 4.56. The summed E-state index contributed by atoms with van der Waals surface area (Å²) in [6, 6.07) is 7.67. The topological polar surface area (TPSA) is 46.2 Å².